The number of hydrogen-bond acceptors (Lipinski definition) is 4. The minimum atomic E-state index is -3.66. The molecule has 0 saturated carbocycles. The van der Waals surface area contributed by atoms with Gasteiger partial charge in [-0.3, -0.25) is 4.79 Å². The Kier molecular flexibility index (Phi) is 6.17. The quantitative estimate of drug-likeness (QED) is 0.791. The Labute approximate surface area is 148 Å². The zero-order valence-corrected chi connectivity index (χ0v) is 15.2. The smallest absolute Gasteiger partial charge is 0.260 e. The first-order valence-electron chi connectivity index (χ1n) is 7.89. The van der Waals surface area contributed by atoms with Crippen LogP contribution in [0.15, 0.2) is 59.5 Å². The largest absolute Gasteiger partial charge is 0.481 e. The van der Waals surface area contributed by atoms with E-state index in [9.17, 15) is 13.2 Å². The number of ether oxygens (including phenoxy) is 1. The second kappa shape index (κ2) is 8.13. The summed E-state index contributed by atoms with van der Waals surface area (Å²) >= 11 is 0. The highest BCUT2D eigenvalue weighted by Crippen LogP contribution is 2.20. The molecular weight excluding hydrogens is 340 g/mol. The van der Waals surface area contributed by atoms with E-state index in [1.807, 2.05) is 30.3 Å². The number of benzene rings is 2. The van der Waals surface area contributed by atoms with Crippen LogP contribution in [0.5, 0.6) is 5.75 Å². The Morgan fingerprint density at radius 2 is 1.60 bits per heavy atom. The summed E-state index contributed by atoms with van der Waals surface area (Å²) in [6.45, 7) is 3.40. The van der Waals surface area contributed by atoms with Gasteiger partial charge in [0, 0.05) is 13.1 Å². The van der Waals surface area contributed by atoms with E-state index in [0.29, 0.717) is 5.75 Å². The lowest BCUT2D eigenvalue weighted by molar-refractivity contribution is -0.126. The monoisotopic (exact) mass is 362 g/mol. The van der Waals surface area contributed by atoms with Crippen LogP contribution in [0.2, 0.25) is 0 Å². The van der Waals surface area contributed by atoms with E-state index in [1.165, 1.54) is 31.3 Å². The molecule has 6 nitrogen and oxygen atoms in total. The van der Waals surface area contributed by atoms with Crippen molar-refractivity contribution in [2.45, 2.75) is 30.9 Å². The lowest BCUT2D eigenvalue weighted by Crippen LogP contribution is -2.33. The number of carbonyl (C=O) groups excluding carboxylic acids is 1. The van der Waals surface area contributed by atoms with E-state index in [4.69, 9.17) is 4.74 Å². The van der Waals surface area contributed by atoms with E-state index in [0.717, 1.165) is 5.56 Å². The van der Waals surface area contributed by atoms with Gasteiger partial charge in [0.05, 0.1) is 4.90 Å². The molecule has 2 rings (SSSR count). The van der Waals surface area contributed by atoms with Gasteiger partial charge in [-0.15, -0.1) is 0 Å². The van der Waals surface area contributed by atoms with Crippen molar-refractivity contribution >= 4 is 15.9 Å². The molecule has 0 unspecified atom stereocenters. The summed E-state index contributed by atoms with van der Waals surface area (Å²) in [5.41, 5.74) is 0.880. The first-order valence-corrected chi connectivity index (χ1v) is 9.37. The molecule has 0 spiro atoms. The van der Waals surface area contributed by atoms with Crippen LogP contribution in [0.3, 0.4) is 0 Å². The van der Waals surface area contributed by atoms with E-state index >= 15 is 0 Å². The predicted molar refractivity (Wildman–Crippen MR) is 95.8 cm³/mol. The third-order valence-corrected chi connectivity index (χ3v) is 5.25. The molecular formula is C18H22N2O4S. The molecule has 0 aromatic heterocycles. The summed E-state index contributed by atoms with van der Waals surface area (Å²) in [5.74, 6) is 0.168. The van der Waals surface area contributed by atoms with Crippen molar-refractivity contribution in [3.05, 3.63) is 60.2 Å². The fraction of sp³-hybridized carbons (Fsp3) is 0.278. The lowest BCUT2D eigenvalue weighted by atomic mass is 10.1. The first-order chi connectivity index (χ1) is 11.8. The average Bonchev–Trinajstić information content (AvgIpc) is 2.61. The lowest BCUT2D eigenvalue weighted by Gasteiger charge is -2.16. The molecule has 0 aliphatic heterocycles. The van der Waals surface area contributed by atoms with Gasteiger partial charge < -0.3 is 10.1 Å². The van der Waals surface area contributed by atoms with Gasteiger partial charge in [0.15, 0.2) is 6.10 Å². The summed E-state index contributed by atoms with van der Waals surface area (Å²) in [7, 11) is -2.13. The van der Waals surface area contributed by atoms with Crippen molar-refractivity contribution in [3.63, 3.8) is 0 Å². The van der Waals surface area contributed by atoms with Gasteiger partial charge in [-0.2, -0.15) is 0 Å². The normalized spacial score (nSPS) is 13.7. The summed E-state index contributed by atoms with van der Waals surface area (Å²) in [6, 6.07) is 14.9. The number of carbonyl (C=O) groups is 1. The Morgan fingerprint density at radius 1 is 1.00 bits per heavy atom. The number of hydrogen-bond donors (Lipinski definition) is 2. The van der Waals surface area contributed by atoms with Gasteiger partial charge in [0.25, 0.3) is 5.91 Å². The Morgan fingerprint density at radius 3 is 2.16 bits per heavy atom. The van der Waals surface area contributed by atoms with E-state index in [1.54, 1.807) is 13.8 Å². The van der Waals surface area contributed by atoms with Gasteiger partial charge in [-0.1, -0.05) is 30.3 Å². The maximum absolute atomic E-state index is 12.5. The van der Waals surface area contributed by atoms with Crippen LogP contribution >= 0.6 is 0 Å². The highest BCUT2D eigenvalue weighted by molar-refractivity contribution is 7.89. The van der Waals surface area contributed by atoms with Crippen LogP contribution in [0.1, 0.15) is 25.5 Å². The maximum atomic E-state index is 12.5. The van der Waals surface area contributed by atoms with Crippen molar-refractivity contribution in [2.24, 2.45) is 0 Å². The molecule has 0 aliphatic carbocycles. The van der Waals surface area contributed by atoms with Crippen LogP contribution in [-0.4, -0.2) is 27.5 Å². The molecule has 2 aromatic rings. The van der Waals surface area contributed by atoms with Gasteiger partial charge in [-0.05, 0) is 43.7 Å². The van der Waals surface area contributed by atoms with Crippen LogP contribution < -0.4 is 14.8 Å². The van der Waals surface area contributed by atoms with Crippen molar-refractivity contribution < 1.29 is 17.9 Å². The van der Waals surface area contributed by atoms with Gasteiger partial charge in [-0.25, -0.2) is 13.1 Å². The Balaban J connectivity index is 2.08. The van der Waals surface area contributed by atoms with Crippen LogP contribution in [0, 0.1) is 0 Å². The first kappa shape index (κ1) is 19.0. The van der Waals surface area contributed by atoms with Gasteiger partial charge in [0.1, 0.15) is 5.75 Å². The van der Waals surface area contributed by atoms with E-state index in [2.05, 4.69) is 10.0 Å². The number of rotatable bonds is 7. The molecule has 25 heavy (non-hydrogen) atoms. The molecule has 0 saturated heterocycles. The SMILES string of the molecule is CNC(=O)[C@H](C)Oc1ccc(S(=O)(=O)N[C@H](C)c2ccccc2)cc1. The van der Waals surface area contributed by atoms with Crippen LogP contribution in [-0.2, 0) is 14.8 Å². The highest BCUT2D eigenvalue weighted by atomic mass is 32.2. The number of amides is 1. The van der Waals surface area contributed by atoms with E-state index < -0.39 is 16.1 Å². The van der Waals surface area contributed by atoms with Crippen molar-refractivity contribution in [2.75, 3.05) is 7.05 Å². The number of likely N-dealkylation sites (N-methyl/N-ethyl adjacent to an activating group) is 1. The minimum Gasteiger partial charge on any atom is -0.481 e. The average molecular weight is 362 g/mol. The second-order valence-corrected chi connectivity index (χ2v) is 7.31. The van der Waals surface area contributed by atoms with E-state index in [-0.39, 0.29) is 16.8 Å². The van der Waals surface area contributed by atoms with Crippen molar-refractivity contribution in [1.29, 1.82) is 0 Å². The zero-order valence-electron chi connectivity index (χ0n) is 14.4. The summed E-state index contributed by atoms with van der Waals surface area (Å²) in [6.07, 6.45) is -0.663. The Hall–Kier alpha value is -2.38. The fourth-order valence-electron chi connectivity index (χ4n) is 2.27. The number of nitrogens with one attached hydrogen (secondary N) is 2. The molecule has 0 radical (unpaired) electrons. The fourth-order valence-corrected chi connectivity index (χ4v) is 3.50. The third-order valence-electron chi connectivity index (χ3n) is 3.69. The second-order valence-electron chi connectivity index (χ2n) is 5.60. The van der Waals surface area contributed by atoms with Crippen LogP contribution in [0.25, 0.3) is 0 Å². The Bertz CT molecular complexity index is 805. The minimum absolute atomic E-state index is 0.134. The molecule has 2 N–H and O–H groups in total. The molecule has 134 valence electrons. The third kappa shape index (κ3) is 5.04. The molecule has 0 heterocycles. The predicted octanol–water partition coefficient (Wildman–Crippen LogP) is 2.24. The summed E-state index contributed by atoms with van der Waals surface area (Å²) in [4.78, 5) is 11.6. The molecule has 0 fully saturated rings. The maximum Gasteiger partial charge on any atom is 0.260 e. The van der Waals surface area contributed by atoms with Gasteiger partial charge >= 0.3 is 0 Å². The van der Waals surface area contributed by atoms with Gasteiger partial charge in [0.2, 0.25) is 10.0 Å². The molecule has 2 atom stereocenters. The molecule has 2 aromatic carbocycles. The molecule has 0 bridgehead atoms. The topological polar surface area (TPSA) is 84.5 Å². The zero-order chi connectivity index (χ0) is 18.4. The van der Waals surface area contributed by atoms with Crippen molar-refractivity contribution in [3.8, 4) is 5.75 Å². The molecule has 7 heteroatoms. The summed E-state index contributed by atoms with van der Waals surface area (Å²) in [5, 5.41) is 2.49. The highest BCUT2D eigenvalue weighted by Gasteiger charge is 2.19. The summed E-state index contributed by atoms with van der Waals surface area (Å²) < 4.78 is 33.1. The molecule has 0 aliphatic rings. The number of sulfonamides is 1. The molecule has 1 amide bonds. The van der Waals surface area contributed by atoms with Crippen LogP contribution in [0.4, 0.5) is 0 Å². The standard InChI is InChI=1S/C18H22N2O4S/c1-13(15-7-5-4-6-8-15)20-25(22,23)17-11-9-16(10-12-17)24-14(2)18(21)19-3/h4-14,20H,1-3H3,(H,19,21)/t13-,14+/m1/s1. The van der Waals surface area contributed by atoms with Crippen molar-refractivity contribution in [1.82, 2.24) is 10.0 Å².